The first-order chi connectivity index (χ1) is 22.9. The molecule has 0 bridgehead atoms. The number of rotatable bonds is 2. The van der Waals surface area contributed by atoms with E-state index in [0.29, 0.717) is 27.1 Å². The van der Waals surface area contributed by atoms with Crippen LogP contribution < -0.4 is 0 Å². The van der Waals surface area contributed by atoms with Crippen LogP contribution in [0.15, 0.2) is 138 Å². The number of hydrogen-bond donors (Lipinski definition) is 0. The van der Waals surface area contributed by atoms with E-state index in [2.05, 4.69) is 0 Å². The molecule has 1 heterocycles. The summed E-state index contributed by atoms with van der Waals surface area (Å²) in [4.78, 5) is 0. The van der Waals surface area contributed by atoms with E-state index in [1.165, 1.54) is 12.1 Å². The lowest BCUT2D eigenvalue weighted by Crippen LogP contribution is -1.91. The van der Waals surface area contributed by atoms with Gasteiger partial charge in [-0.2, -0.15) is 0 Å². The molecule has 172 valence electrons. The molecule has 0 aliphatic heterocycles. The molecule has 0 atom stereocenters. The first-order valence-corrected chi connectivity index (χ1v) is 11.8. The number of para-hydroxylation sites is 1. The molecule has 0 aliphatic carbocycles. The van der Waals surface area contributed by atoms with Gasteiger partial charge in [-0.1, -0.05) is 115 Å². The second-order valence-corrected chi connectivity index (χ2v) is 8.88. The monoisotopic (exact) mass is 481 g/mol. The van der Waals surface area contributed by atoms with Crippen LogP contribution in [0, 0.1) is 0 Å². The maximum absolute atomic E-state index is 9.23. The minimum absolute atomic E-state index is 0.0316. The Hall–Kier alpha value is -4.88. The van der Waals surface area contributed by atoms with Gasteiger partial charge in [0.05, 0.1) is 15.1 Å². The zero-order valence-electron chi connectivity index (χ0n) is 30.3. The maximum Gasteiger partial charge on any atom is 0.136 e. The smallest absolute Gasteiger partial charge is 0.136 e. The zero-order valence-corrected chi connectivity index (χ0v) is 19.3. The lowest BCUT2D eigenvalue weighted by atomic mass is 9.84. The Balaban J connectivity index is 1.67. The summed E-state index contributed by atoms with van der Waals surface area (Å²) in [6, 6.07) is 16.0. The molecule has 0 amide bonds. The fourth-order valence-electron chi connectivity index (χ4n) is 5.36. The summed E-state index contributed by atoms with van der Waals surface area (Å²) in [6.07, 6.45) is 0. The first-order valence-electron chi connectivity index (χ1n) is 17.3. The third-order valence-electron chi connectivity index (χ3n) is 6.93. The minimum atomic E-state index is -0.532. The van der Waals surface area contributed by atoms with Crippen molar-refractivity contribution in [2.24, 2.45) is 0 Å². The summed E-state index contributed by atoms with van der Waals surface area (Å²) < 4.78 is 101. The molecule has 1 nitrogen and oxygen atoms in total. The SMILES string of the molecule is [2H]c1cc2c(-c3ccc4ccccc4c3)c3cc([2H])c([2H])cc3c(-c3c([2H])c([2H])c([2H])c4oc5c([2H])c([2H])c([2H])c([2H])c5c34)c2cc1[2H]. The summed E-state index contributed by atoms with van der Waals surface area (Å²) >= 11 is 0. The molecule has 0 unspecified atom stereocenters. The topological polar surface area (TPSA) is 13.1 Å². The van der Waals surface area contributed by atoms with Crippen molar-refractivity contribution in [3.8, 4) is 22.3 Å². The van der Waals surface area contributed by atoms with Crippen LogP contribution in [-0.4, -0.2) is 0 Å². The second kappa shape index (κ2) is 7.81. The predicted molar refractivity (Wildman–Crippen MR) is 157 cm³/mol. The Kier molecular flexibility index (Phi) is 2.61. The van der Waals surface area contributed by atoms with E-state index >= 15 is 0 Å². The fraction of sp³-hybridized carbons (Fsp3) is 0. The molecule has 0 spiro atoms. The van der Waals surface area contributed by atoms with Crippen LogP contribution in [0.4, 0.5) is 0 Å². The number of furan rings is 1. The van der Waals surface area contributed by atoms with Gasteiger partial charge in [-0.25, -0.2) is 0 Å². The van der Waals surface area contributed by atoms with Crippen molar-refractivity contribution in [1.29, 1.82) is 0 Å². The van der Waals surface area contributed by atoms with Crippen molar-refractivity contribution >= 4 is 54.3 Å². The highest BCUT2D eigenvalue weighted by molar-refractivity contribution is 6.25. The van der Waals surface area contributed by atoms with Crippen LogP contribution in [0.2, 0.25) is 0 Å². The molecular weight excluding hydrogens is 448 g/mol. The number of fused-ring (bicyclic) bond motifs is 6. The standard InChI is InChI=1S/C36H22O/c1-2-11-24-22-25(21-20-23(24)10-1)34-26-12-3-5-14-28(26)35(29-15-6-4-13-27(29)34)31-17-9-19-33-36(31)30-16-7-8-18-32(30)37-33/h1-22H/i3D,4D,5D,6D,7D,8D,9D,16D,17D,18D,19D. The molecule has 0 radical (unpaired) electrons. The summed E-state index contributed by atoms with van der Waals surface area (Å²) in [6.45, 7) is 0. The Morgan fingerprint density at radius 1 is 0.486 bits per heavy atom. The van der Waals surface area contributed by atoms with Gasteiger partial charge in [-0.3, -0.25) is 0 Å². The Labute approximate surface area is 229 Å². The van der Waals surface area contributed by atoms with Crippen LogP contribution in [0.5, 0.6) is 0 Å². The average Bonchev–Trinajstić information content (AvgIpc) is 3.47. The van der Waals surface area contributed by atoms with Crippen LogP contribution in [0.1, 0.15) is 15.1 Å². The molecule has 7 aromatic carbocycles. The van der Waals surface area contributed by atoms with Crippen molar-refractivity contribution in [2.45, 2.75) is 0 Å². The van der Waals surface area contributed by atoms with Gasteiger partial charge in [0.2, 0.25) is 0 Å². The highest BCUT2D eigenvalue weighted by Gasteiger charge is 2.20. The van der Waals surface area contributed by atoms with Crippen molar-refractivity contribution < 1.29 is 19.5 Å². The van der Waals surface area contributed by atoms with Crippen molar-refractivity contribution in [2.75, 3.05) is 0 Å². The predicted octanol–water partition coefficient (Wildman–Crippen LogP) is 10.4. The normalized spacial score (nSPS) is 15.9. The molecule has 1 aromatic heterocycles. The van der Waals surface area contributed by atoms with E-state index in [1.54, 1.807) is 12.1 Å². The van der Waals surface area contributed by atoms with Gasteiger partial charge < -0.3 is 4.42 Å². The summed E-state index contributed by atoms with van der Waals surface area (Å²) in [5.74, 6) is 0. The van der Waals surface area contributed by atoms with Gasteiger partial charge in [-0.05, 0) is 72.7 Å². The fourth-order valence-corrected chi connectivity index (χ4v) is 5.36. The summed E-state index contributed by atoms with van der Waals surface area (Å²) in [7, 11) is 0. The first kappa shape index (κ1) is 12.4. The lowest BCUT2D eigenvalue weighted by Gasteiger charge is -2.18. The largest absolute Gasteiger partial charge is 0.456 e. The van der Waals surface area contributed by atoms with E-state index in [9.17, 15) is 1.37 Å². The molecule has 0 N–H and O–H groups in total. The van der Waals surface area contributed by atoms with Crippen LogP contribution >= 0.6 is 0 Å². The van der Waals surface area contributed by atoms with E-state index in [-0.39, 0.29) is 57.2 Å². The van der Waals surface area contributed by atoms with Gasteiger partial charge in [0, 0.05) is 10.8 Å². The molecule has 0 fully saturated rings. The lowest BCUT2D eigenvalue weighted by molar-refractivity contribution is 0.669. The van der Waals surface area contributed by atoms with Gasteiger partial charge in [0.15, 0.2) is 0 Å². The van der Waals surface area contributed by atoms with E-state index in [4.69, 9.17) is 18.1 Å². The van der Waals surface area contributed by atoms with Crippen LogP contribution in [-0.2, 0) is 0 Å². The molecule has 0 aliphatic rings. The molecule has 0 saturated carbocycles. The third kappa shape index (κ3) is 2.98. The highest BCUT2D eigenvalue weighted by Crippen LogP contribution is 2.46. The van der Waals surface area contributed by atoms with E-state index in [1.807, 2.05) is 42.5 Å². The third-order valence-corrected chi connectivity index (χ3v) is 6.93. The zero-order chi connectivity index (χ0) is 33.9. The van der Waals surface area contributed by atoms with Crippen molar-refractivity contribution in [3.05, 3.63) is 133 Å². The molecule has 8 aromatic rings. The maximum atomic E-state index is 9.23. The van der Waals surface area contributed by atoms with Gasteiger partial charge in [0.25, 0.3) is 0 Å². The van der Waals surface area contributed by atoms with Crippen molar-refractivity contribution in [1.82, 2.24) is 0 Å². The van der Waals surface area contributed by atoms with Crippen molar-refractivity contribution in [3.63, 3.8) is 0 Å². The quantitative estimate of drug-likeness (QED) is 0.224. The molecular formula is C36H22O. The molecule has 1 heteroatoms. The second-order valence-electron chi connectivity index (χ2n) is 8.88. The number of hydrogen-bond acceptors (Lipinski definition) is 1. The van der Waals surface area contributed by atoms with Gasteiger partial charge >= 0.3 is 0 Å². The summed E-state index contributed by atoms with van der Waals surface area (Å²) in [5, 5.41) is 3.74. The average molecular weight is 482 g/mol. The summed E-state index contributed by atoms with van der Waals surface area (Å²) in [5.41, 5.74) is 1.28. The highest BCUT2D eigenvalue weighted by atomic mass is 16.3. The minimum Gasteiger partial charge on any atom is -0.456 e. The number of benzene rings is 7. The molecule has 8 rings (SSSR count). The van der Waals surface area contributed by atoms with Crippen LogP contribution in [0.3, 0.4) is 0 Å². The van der Waals surface area contributed by atoms with Crippen LogP contribution in [0.25, 0.3) is 76.5 Å². The van der Waals surface area contributed by atoms with E-state index < -0.39 is 42.3 Å². The van der Waals surface area contributed by atoms with Gasteiger partial charge in [-0.15, -0.1) is 0 Å². The Morgan fingerprint density at radius 2 is 1.14 bits per heavy atom. The van der Waals surface area contributed by atoms with E-state index in [0.717, 1.165) is 16.3 Å². The Bertz CT molecular complexity index is 2680. The van der Waals surface area contributed by atoms with Gasteiger partial charge in [0.1, 0.15) is 11.2 Å². The Morgan fingerprint density at radius 3 is 1.89 bits per heavy atom. The molecule has 0 saturated heterocycles. The molecule has 37 heavy (non-hydrogen) atoms.